The lowest BCUT2D eigenvalue weighted by Gasteiger charge is -2.26. The van der Waals surface area contributed by atoms with Gasteiger partial charge in [0.05, 0.1) is 0 Å². The highest BCUT2D eigenvalue weighted by Crippen LogP contribution is 2.25. The van der Waals surface area contributed by atoms with Gasteiger partial charge in [-0.1, -0.05) is 0 Å². The minimum atomic E-state index is -0.115. The second-order valence-electron chi connectivity index (χ2n) is 5.65. The van der Waals surface area contributed by atoms with Crippen LogP contribution in [-0.4, -0.2) is 55.1 Å². The molecular weight excluding hydrogens is 312 g/mol. The van der Waals surface area contributed by atoms with E-state index in [9.17, 15) is 4.79 Å². The number of aromatic nitrogens is 1. The molecule has 3 heterocycles. The van der Waals surface area contributed by atoms with Gasteiger partial charge in [-0.25, -0.2) is 4.98 Å². The zero-order valence-electron chi connectivity index (χ0n) is 13.3. The van der Waals surface area contributed by atoms with E-state index in [2.05, 4.69) is 20.5 Å². The summed E-state index contributed by atoms with van der Waals surface area (Å²) >= 11 is 1.43. The third-order valence-corrected chi connectivity index (χ3v) is 4.69. The molecule has 0 atom stereocenters. The number of aryl methyl sites for hydroxylation is 1. The average Bonchev–Trinajstić information content (AvgIpc) is 3.21. The van der Waals surface area contributed by atoms with Crippen molar-refractivity contribution >= 4 is 17.2 Å². The number of furan rings is 1. The summed E-state index contributed by atoms with van der Waals surface area (Å²) in [6.07, 6.45) is 0.958. The summed E-state index contributed by atoms with van der Waals surface area (Å²) in [6.45, 7) is 7.88. The van der Waals surface area contributed by atoms with Crippen LogP contribution in [0.3, 0.4) is 0 Å². The van der Waals surface area contributed by atoms with Gasteiger partial charge in [0.15, 0.2) is 10.8 Å². The van der Waals surface area contributed by atoms with Crippen molar-refractivity contribution in [3.63, 3.8) is 0 Å². The third kappa shape index (κ3) is 4.40. The second-order valence-corrected chi connectivity index (χ2v) is 6.51. The highest BCUT2D eigenvalue weighted by Gasteiger charge is 2.14. The lowest BCUT2D eigenvalue weighted by Crippen LogP contribution is -2.44. The number of nitrogens with zero attached hydrogens (tertiary/aromatic N) is 2. The summed E-state index contributed by atoms with van der Waals surface area (Å²) in [7, 11) is 0. The minimum absolute atomic E-state index is 0.115. The van der Waals surface area contributed by atoms with Crippen molar-refractivity contribution in [2.24, 2.45) is 0 Å². The summed E-state index contributed by atoms with van der Waals surface area (Å²) in [5.74, 6) is 1.44. The smallest absolute Gasteiger partial charge is 0.270 e. The lowest BCUT2D eigenvalue weighted by atomic mass is 10.3. The van der Waals surface area contributed by atoms with Crippen LogP contribution >= 0.6 is 11.3 Å². The third-order valence-electron chi connectivity index (χ3n) is 3.83. The molecule has 3 rings (SSSR count). The van der Waals surface area contributed by atoms with Crippen molar-refractivity contribution in [3.8, 4) is 10.8 Å². The molecule has 7 heteroatoms. The van der Waals surface area contributed by atoms with Crippen LogP contribution in [0.4, 0.5) is 0 Å². The van der Waals surface area contributed by atoms with Crippen LogP contribution in [-0.2, 0) is 0 Å². The maximum atomic E-state index is 12.1. The Morgan fingerprint density at radius 2 is 2.26 bits per heavy atom. The Bertz CT molecular complexity index is 646. The van der Waals surface area contributed by atoms with Gasteiger partial charge < -0.3 is 20.0 Å². The first-order valence-corrected chi connectivity index (χ1v) is 8.84. The summed E-state index contributed by atoms with van der Waals surface area (Å²) in [5.41, 5.74) is 0.459. The molecule has 1 aliphatic rings. The van der Waals surface area contributed by atoms with Crippen LogP contribution in [0.5, 0.6) is 0 Å². The highest BCUT2D eigenvalue weighted by molar-refractivity contribution is 7.13. The molecule has 23 heavy (non-hydrogen) atoms. The van der Waals surface area contributed by atoms with Crippen LogP contribution < -0.4 is 10.6 Å². The first-order chi connectivity index (χ1) is 11.2. The van der Waals surface area contributed by atoms with E-state index in [1.54, 1.807) is 5.38 Å². The molecule has 0 spiro atoms. The molecule has 1 aliphatic heterocycles. The van der Waals surface area contributed by atoms with Gasteiger partial charge in [0, 0.05) is 38.1 Å². The molecule has 2 aromatic heterocycles. The Morgan fingerprint density at radius 1 is 1.43 bits per heavy atom. The maximum Gasteiger partial charge on any atom is 0.270 e. The van der Waals surface area contributed by atoms with E-state index in [1.165, 1.54) is 11.3 Å². The Kier molecular flexibility index (Phi) is 5.43. The largest absolute Gasteiger partial charge is 0.459 e. The van der Waals surface area contributed by atoms with Crippen LogP contribution in [0.25, 0.3) is 10.8 Å². The van der Waals surface area contributed by atoms with Gasteiger partial charge in [-0.05, 0) is 32.0 Å². The molecule has 2 aromatic rings. The van der Waals surface area contributed by atoms with E-state index in [-0.39, 0.29) is 5.91 Å². The molecule has 2 N–H and O–H groups in total. The van der Waals surface area contributed by atoms with Gasteiger partial charge in [0.1, 0.15) is 11.5 Å². The molecular formula is C16H22N4O2S. The Balaban J connectivity index is 1.44. The first kappa shape index (κ1) is 16.2. The monoisotopic (exact) mass is 334 g/mol. The zero-order chi connectivity index (χ0) is 16.1. The number of rotatable bonds is 6. The van der Waals surface area contributed by atoms with E-state index >= 15 is 0 Å². The second kappa shape index (κ2) is 7.72. The van der Waals surface area contributed by atoms with E-state index in [0.29, 0.717) is 18.0 Å². The summed E-state index contributed by atoms with van der Waals surface area (Å²) in [6, 6.07) is 3.77. The number of amides is 1. The maximum absolute atomic E-state index is 12.1. The van der Waals surface area contributed by atoms with Crippen molar-refractivity contribution in [2.75, 3.05) is 39.3 Å². The van der Waals surface area contributed by atoms with E-state index in [0.717, 1.165) is 49.9 Å². The van der Waals surface area contributed by atoms with Crippen LogP contribution in [0.1, 0.15) is 22.7 Å². The fourth-order valence-electron chi connectivity index (χ4n) is 2.57. The molecule has 6 nitrogen and oxygen atoms in total. The van der Waals surface area contributed by atoms with Gasteiger partial charge in [-0.2, -0.15) is 0 Å². The molecule has 0 aliphatic carbocycles. The first-order valence-electron chi connectivity index (χ1n) is 7.96. The number of carbonyl (C=O) groups is 1. The van der Waals surface area contributed by atoms with Gasteiger partial charge in [-0.3, -0.25) is 4.79 Å². The van der Waals surface area contributed by atoms with Gasteiger partial charge in [0.25, 0.3) is 5.91 Å². The molecule has 0 radical (unpaired) electrons. The topological polar surface area (TPSA) is 70.4 Å². The average molecular weight is 334 g/mol. The number of hydrogen-bond donors (Lipinski definition) is 2. The summed E-state index contributed by atoms with van der Waals surface area (Å²) < 4.78 is 5.53. The quantitative estimate of drug-likeness (QED) is 0.788. The number of carbonyl (C=O) groups excluding carboxylic acids is 1. The van der Waals surface area contributed by atoms with Crippen molar-refractivity contribution in [3.05, 3.63) is 29.0 Å². The van der Waals surface area contributed by atoms with Crippen molar-refractivity contribution < 1.29 is 9.21 Å². The summed E-state index contributed by atoms with van der Waals surface area (Å²) in [4.78, 5) is 18.9. The van der Waals surface area contributed by atoms with Gasteiger partial charge in [0.2, 0.25) is 0 Å². The molecule has 124 valence electrons. The van der Waals surface area contributed by atoms with E-state index in [1.807, 2.05) is 19.1 Å². The minimum Gasteiger partial charge on any atom is -0.459 e. The molecule has 0 aromatic carbocycles. The molecule has 0 unspecified atom stereocenters. The molecule has 0 bridgehead atoms. The van der Waals surface area contributed by atoms with E-state index in [4.69, 9.17) is 4.42 Å². The normalized spacial score (nSPS) is 15.7. The number of hydrogen-bond acceptors (Lipinski definition) is 6. The fraction of sp³-hybridized carbons (Fsp3) is 0.500. The van der Waals surface area contributed by atoms with Crippen molar-refractivity contribution in [2.45, 2.75) is 13.3 Å². The summed E-state index contributed by atoms with van der Waals surface area (Å²) in [5, 5.41) is 8.79. The van der Waals surface area contributed by atoms with Crippen LogP contribution in [0.15, 0.2) is 21.9 Å². The van der Waals surface area contributed by atoms with Gasteiger partial charge >= 0.3 is 0 Å². The Morgan fingerprint density at radius 3 is 3.00 bits per heavy atom. The van der Waals surface area contributed by atoms with Crippen LogP contribution in [0.2, 0.25) is 0 Å². The number of nitrogens with one attached hydrogen (secondary N) is 2. The fourth-order valence-corrected chi connectivity index (χ4v) is 3.33. The molecule has 1 fully saturated rings. The number of piperazine rings is 1. The van der Waals surface area contributed by atoms with Crippen molar-refractivity contribution in [1.29, 1.82) is 0 Å². The van der Waals surface area contributed by atoms with Gasteiger partial charge in [-0.15, -0.1) is 11.3 Å². The predicted molar refractivity (Wildman–Crippen MR) is 90.8 cm³/mol. The molecule has 1 saturated heterocycles. The molecule has 0 saturated carbocycles. The van der Waals surface area contributed by atoms with E-state index < -0.39 is 0 Å². The standard InChI is InChI=1S/C16H22N4O2S/c1-12-3-4-14(22-12)16-19-13(11-23-16)15(21)18-5-2-8-20-9-6-17-7-10-20/h3-4,11,17H,2,5-10H2,1H3,(H,18,21). The predicted octanol–water partition coefficient (Wildman–Crippen LogP) is 1.74. The number of thiazole rings is 1. The SMILES string of the molecule is Cc1ccc(-c2nc(C(=O)NCCCN3CCNCC3)cs2)o1. The highest BCUT2D eigenvalue weighted by atomic mass is 32.1. The van der Waals surface area contributed by atoms with Crippen LogP contribution in [0, 0.1) is 6.92 Å². The molecule has 1 amide bonds. The Hall–Kier alpha value is -1.70. The lowest BCUT2D eigenvalue weighted by molar-refractivity contribution is 0.0947. The zero-order valence-corrected chi connectivity index (χ0v) is 14.1. The van der Waals surface area contributed by atoms with Crippen molar-refractivity contribution in [1.82, 2.24) is 20.5 Å². The Labute approximate surface area is 139 Å².